The van der Waals surface area contributed by atoms with Gasteiger partial charge >= 0.3 is 0 Å². The molecule has 3 aromatic heterocycles. The fourth-order valence-electron chi connectivity index (χ4n) is 5.16. The number of aromatic nitrogens is 5. The summed E-state index contributed by atoms with van der Waals surface area (Å²) in [4.78, 5) is 14.2. The molecule has 0 aliphatic heterocycles. The molecule has 5 nitrogen and oxygen atoms in total. The molecule has 0 saturated heterocycles. The second kappa shape index (κ2) is 7.75. The Bertz CT molecular complexity index is 1870. The van der Waals surface area contributed by atoms with Crippen molar-refractivity contribution in [3.63, 3.8) is 0 Å². The first-order valence-corrected chi connectivity index (χ1v) is 11.8. The first-order chi connectivity index (χ1) is 17.8. The van der Waals surface area contributed by atoms with Crippen LogP contribution in [0.5, 0.6) is 0 Å². The zero-order valence-corrected chi connectivity index (χ0v) is 19.5. The van der Waals surface area contributed by atoms with Gasteiger partial charge in [0, 0.05) is 21.5 Å². The third-order valence-corrected chi connectivity index (χ3v) is 6.81. The topological polar surface area (TPSA) is 48.5 Å². The fourth-order valence-corrected chi connectivity index (χ4v) is 5.16. The Hall–Kier alpha value is -5.03. The van der Waals surface area contributed by atoms with Crippen molar-refractivity contribution in [3.8, 4) is 11.9 Å². The molecule has 0 radical (unpaired) electrons. The zero-order valence-electron chi connectivity index (χ0n) is 19.5. The molecule has 5 heteroatoms. The second-order valence-corrected chi connectivity index (χ2v) is 8.75. The van der Waals surface area contributed by atoms with Gasteiger partial charge < -0.3 is 0 Å². The summed E-state index contributed by atoms with van der Waals surface area (Å²) in [5.41, 5.74) is 6.29. The molecule has 7 aromatic rings. The standard InChI is InChI=1S/C31H21N5/c1-3-20-13-15-28-24(17-20)25-18-21(4-2)14-16-29(25)36(28)31-33-19-32-30(34-31)35-26-11-7-5-9-22(26)23-10-6-8-12-27(23)35/h3-19H,1-2H2. The van der Waals surface area contributed by atoms with Crippen LogP contribution in [0.3, 0.4) is 0 Å². The Balaban J connectivity index is 1.54. The molecule has 36 heavy (non-hydrogen) atoms. The van der Waals surface area contributed by atoms with Crippen LogP contribution in [-0.4, -0.2) is 24.1 Å². The maximum Gasteiger partial charge on any atom is 0.239 e. The maximum absolute atomic E-state index is 5.01. The monoisotopic (exact) mass is 463 g/mol. The van der Waals surface area contributed by atoms with Gasteiger partial charge in [-0.3, -0.25) is 9.13 Å². The van der Waals surface area contributed by atoms with Crippen LogP contribution in [0, 0.1) is 0 Å². The van der Waals surface area contributed by atoms with E-state index in [-0.39, 0.29) is 0 Å². The normalized spacial score (nSPS) is 11.6. The molecule has 170 valence electrons. The molecule has 0 amide bonds. The lowest BCUT2D eigenvalue weighted by Crippen LogP contribution is -2.07. The van der Waals surface area contributed by atoms with Crippen molar-refractivity contribution in [2.24, 2.45) is 0 Å². The summed E-state index contributed by atoms with van der Waals surface area (Å²) >= 11 is 0. The van der Waals surface area contributed by atoms with Crippen LogP contribution in [0.25, 0.3) is 67.7 Å². The largest absolute Gasteiger partial charge is 0.278 e. The number of rotatable bonds is 4. The fraction of sp³-hybridized carbons (Fsp3) is 0. The smallest absolute Gasteiger partial charge is 0.239 e. The maximum atomic E-state index is 5.01. The van der Waals surface area contributed by atoms with Gasteiger partial charge in [0.1, 0.15) is 6.33 Å². The number of hydrogen-bond donors (Lipinski definition) is 0. The van der Waals surface area contributed by atoms with Crippen LogP contribution < -0.4 is 0 Å². The molecular weight excluding hydrogens is 442 g/mol. The summed E-state index contributed by atoms with van der Waals surface area (Å²) in [7, 11) is 0. The number of para-hydroxylation sites is 2. The molecule has 0 spiro atoms. The van der Waals surface area contributed by atoms with Crippen LogP contribution in [-0.2, 0) is 0 Å². The highest BCUT2D eigenvalue weighted by Crippen LogP contribution is 2.34. The Labute approximate surface area is 207 Å². The van der Waals surface area contributed by atoms with Crippen molar-refractivity contribution in [2.75, 3.05) is 0 Å². The minimum Gasteiger partial charge on any atom is -0.278 e. The van der Waals surface area contributed by atoms with Crippen molar-refractivity contribution in [1.29, 1.82) is 0 Å². The zero-order chi connectivity index (χ0) is 24.2. The van der Waals surface area contributed by atoms with E-state index >= 15 is 0 Å². The third-order valence-electron chi connectivity index (χ3n) is 6.81. The summed E-state index contributed by atoms with van der Waals surface area (Å²) < 4.78 is 4.21. The van der Waals surface area contributed by atoms with Crippen molar-refractivity contribution >= 4 is 55.8 Å². The summed E-state index contributed by atoms with van der Waals surface area (Å²) in [6.45, 7) is 7.90. The van der Waals surface area contributed by atoms with Crippen LogP contribution in [0.1, 0.15) is 11.1 Å². The first-order valence-electron chi connectivity index (χ1n) is 11.8. The van der Waals surface area contributed by atoms with E-state index in [2.05, 4.69) is 105 Å². The molecule has 0 unspecified atom stereocenters. The van der Waals surface area contributed by atoms with Gasteiger partial charge in [0.05, 0.1) is 22.1 Å². The van der Waals surface area contributed by atoms with Gasteiger partial charge in [-0.05, 0) is 47.5 Å². The predicted molar refractivity (Wildman–Crippen MR) is 149 cm³/mol. The highest BCUT2D eigenvalue weighted by atomic mass is 15.3. The number of benzene rings is 4. The molecule has 0 N–H and O–H groups in total. The van der Waals surface area contributed by atoms with Gasteiger partial charge in [-0.25, -0.2) is 9.97 Å². The lowest BCUT2D eigenvalue weighted by Gasteiger charge is -2.09. The number of hydrogen-bond acceptors (Lipinski definition) is 3. The Morgan fingerprint density at radius 3 is 1.44 bits per heavy atom. The highest BCUT2D eigenvalue weighted by Gasteiger charge is 2.18. The van der Waals surface area contributed by atoms with Gasteiger partial charge in [-0.2, -0.15) is 4.98 Å². The van der Waals surface area contributed by atoms with Gasteiger partial charge in [0.15, 0.2) is 0 Å². The lowest BCUT2D eigenvalue weighted by atomic mass is 10.1. The van der Waals surface area contributed by atoms with Crippen LogP contribution in [0.2, 0.25) is 0 Å². The summed E-state index contributed by atoms with van der Waals surface area (Å²) in [6.07, 6.45) is 5.32. The molecule has 0 aliphatic carbocycles. The van der Waals surface area contributed by atoms with Crippen LogP contribution in [0.15, 0.2) is 104 Å². The van der Waals surface area contributed by atoms with E-state index < -0.39 is 0 Å². The minimum absolute atomic E-state index is 0.569. The molecule has 7 rings (SSSR count). The second-order valence-electron chi connectivity index (χ2n) is 8.75. The van der Waals surface area contributed by atoms with Crippen LogP contribution >= 0.6 is 0 Å². The lowest BCUT2D eigenvalue weighted by molar-refractivity contribution is 0.886. The molecule has 0 bridgehead atoms. The Morgan fingerprint density at radius 2 is 0.972 bits per heavy atom. The predicted octanol–water partition coefficient (Wildman–Crippen LogP) is 7.35. The van der Waals surface area contributed by atoms with Gasteiger partial charge in [0.2, 0.25) is 11.9 Å². The van der Waals surface area contributed by atoms with Crippen molar-refractivity contribution < 1.29 is 0 Å². The van der Waals surface area contributed by atoms with Crippen molar-refractivity contribution in [3.05, 3.63) is 116 Å². The third kappa shape index (κ3) is 2.86. The average molecular weight is 464 g/mol. The molecule has 4 aromatic carbocycles. The van der Waals surface area contributed by atoms with E-state index in [9.17, 15) is 0 Å². The van der Waals surface area contributed by atoms with Crippen LogP contribution in [0.4, 0.5) is 0 Å². The SMILES string of the molecule is C=Cc1ccc2c(c1)c1cc(C=C)ccc1n2-c1ncnc(-n2c3ccccc3c3ccccc32)n1. The molecule has 0 fully saturated rings. The highest BCUT2D eigenvalue weighted by molar-refractivity contribution is 6.10. The number of fused-ring (bicyclic) bond motifs is 6. The van der Waals surface area contributed by atoms with E-state index in [0.717, 1.165) is 44.0 Å². The quantitative estimate of drug-likeness (QED) is 0.274. The Kier molecular flexibility index (Phi) is 4.38. The first kappa shape index (κ1) is 20.4. The average Bonchev–Trinajstić information content (AvgIpc) is 3.45. The van der Waals surface area contributed by atoms with Gasteiger partial charge in [-0.15, -0.1) is 0 Å². The van der Waals surface area contributed by atoms with E-state index in [1.807, 2.05) is 24.3 Å². The van der Waals surface area contributed by atoms with E-state index in [4.69, 9.17) is 4.98 Å². The van der Waals surface area contributed by atoms with E-state index in [1.54, 1.807) is 6.33 Å². The van der Waals surface area contributed by atoms with E-state index in [1.165, 1.54) is 10.8 Å². The molecule has 0 aliphatic rings. The summed E-state index contributed by atoms with van der Waals surface area (Å²) in [5, 5.41) is 4.57. The Morgan fingerprint density at radius 1 is 0.528 bits per heavy atom. The molecule has 3 heterocycles. The van der Waals surface area contributed by atoms with Gasteiger partial charge in [-0.1, -0.05) is 73.8 Å². The van der Waals surface area contributed by atoms with Crippen molar-refractivity contribution in [1.82, 2.24) is 24.1 Å². The molecular formula is C31H21N5. The van der Waals surface area contributed by atoms with Gasteiger partial charge in [0.25, 0.3) is 0 Å². The van der Waals surface area contributed by atoms with Crippen molar-refractivity contribution in [2.45, 2.75) is 0 Å². The molecule has 0 atom stereocenters. The minimum atomic E-state index is 0.569. The summed E-state index contributed by atoms with van der Waals surface area (Å²) in [6, 6.07) is 29.3. The summed E-state index contributed by atoms with van der Waals surface area (Å²) in [5.74, 6) is 1.15. The number of nitrogens with zero attached hydrogens (tertiary/aromatic N) is 5. The van der Waals surface area contributed by atoms with E-state index in [0.29, 0.717) is 11.9 Å². The molecule has 0 saturated carbocycles.